The van der Waals surface area contributed by atoms with Crippen molar-refractivity contribution in [3.05, 3.63) is 42.0 Å². The third kappa shape index (κ3) is 2.19. The van der Waals surface area contributed by atoms with E-state index in [0.717, 1.165) is 17.7 Å². The van der Waals surface area contributed by atoms with Gasteiger partial charge in [0.1, 0.15) is 0 Å². The number of carbonyl (C=O) groups is 3. The molecule has 0 aromatic heterocycles. The summed E-state index contributed by atoms with van der Waals surface area (Å²) in [5.74, 6) is 1.02. The summed E-state index contributed by atoms with van der Waals surface area (Å²) >= 11 is 0. The van der Waals surface area contributed by atoms with Crippen LogP contribution in [0.15, 0.2) is 36.4 Å². The molecule has 1 heterocycles. The second-order valence-corrected chi connectivity index (χ2v) is 8.10. The monoisotopic (exact) mass is 350 g/mol. The number of aryl methyl sites for hydroxylation is 1. The minimum atomic E-state index is -0.180. The molecule has 5 aliphatic rings. The van der Waals surface area contributed by atoms with Crippen LogP contribution in [-0.2, 0) is 14.4 Å². The highest BCUT2D eigenvalue weighted by Gasteiger charge is 2.66. The van der Waals surface area contributed by atoms with Gasteiger partial charge in [0.15, 0.2) is 0 Å². The molecule has 0 unspecified atom stereocenters. The largest absolute Gasteiger partial charge is 0.326 e. The van der Waals surface area contributed by atoms with Crippen molar-refractivity contribution in [3.63, 3.8) is 0 Å². The maximum Gasteiger partial charge on any atom is 0.233 e. The van der Waals surface area contributed by atoms with E-state index in [1.807, 2.05) is 31.2 Å². The van der Waals surface area contributed by atoms with Gasteiger partial charge in [-0.3, -0.25) is 19.3 Å². The third-order valence-electron chi connectivity index (χ3n) is 6.74. The van der Waals surface area contributed by atoms with E-state index in [1.165, 1.54) is 4.90 Å². The molecule has 134 valence electrons. The number of imide groups is 1. The predicted molar refractivity (Wildman–Crippen MR) is 95.8 cm³/mol. The highest BCUT2D eigenvalue weighted by molar-refractivity contribution is 6.06. The van der Waals surface area contributed by atoms with Crippen molar-refractivity contribution in [1.82, 2.24) is 4.90 Å². The number of rotatable bonds is 4. The standard InChI is InChI=1S/C21H22N2O3/c1-11-4-2-3-5-16(11)22-17(24)8-9-23-20(25)18-12-6-7-13(15-10-14(12)15)19(18)21(23)26/h2-7,12-15,18-19H,8-10H2,1H3,(H,22,24)/t12-,13-,14-,15-,18-,19+/m0/s1. The maximum atomic E-state index is 12.9. The number of benzene rings is 1. The molecule has 0 spiro atoms. The molecule has 4 aliphatic carbocycles. The number of hydrogen-bond acceptors (Lipinski definition) is 3. The highest BCUT2D eigenvalue weighted by Crippen LogP contribution is 2.65. The lowest BCUT2D eigenvalue weighted by Gasteiger charge is -2.37. The van der Waals surface area contributed by atoms with Crippen LogP contribution in [-0.4, -0.2) is 29.2 Å². The first-order valence-electron chi connectivity index (χ1n) is 9.45. The van der Waals surface area contributed by atoms with Crippen LogP contribution in [0, 0.1) is 42.4 Å². The quantitative estimate of drug-likeness (QED) is 0.670. The van der Waals surface area contributed by atoms with Crippen LogP contribution in [0.3, 0.4) is 0 Å². The molecule has 1 saturated heterocycles. The molecule has 3 amide bonds. The molecule has 2 bridgehead atoms. The van der Waals surface area contributed by atoms with E-state index in [4.69, 9.17) is 0 Å². The number of allylic oxidation sites excluding steroid dienone is 2. The number of para-hydroxylation sites is 1. The Morgan fingerprint density at radius 1 is 1.08 bits per heavy atom. The Kier molecular flexibility index (Phi) is 3.36. The summed E-state index contributed by atoms with van der Waals surface area (Å²) in [7, 11) is 0. The van der Waals surface area contributed by atoms with Crippen molar-refractivity contribution in [1.29, 1.82) is 0 Å². The van der Waals surface area contributed by atoms with Crippen molar-refractivity contribution in [3.8, 4) is 0 Å². The Bertz CT molecular complexity index is 809. The van der Waals surface area contributed by atoms with Gasteiger partial charge in [-0.25, -0.2) is 0 Å². The summed E-state index contributed by atoms with van der Waals surface area (Å²) in [6.45, 7) is 2.11. The first-order chi connectivity index (χ1) is 12.6. The number of nitrogens with zero attached hydrogens (tertiary/aromatic N) is 1. The van der Waals surface area contributed by atoms with Gasteiger partial charge in [-0.2, -0.15) is 0 Å². The zero-order valence-corrected chi connectivity index (χ0v) is 14.7. The molecule has 6 atom stereocenters. The van der Waals surface area contributed by atoms with E-state index in [2.05, 4.69) is 17.5 Å². The highest BCUT2D eigenvalue weighted by atomic mass is 16.2. The molecule has 5 nitrogen and oxygen atoms in total. The van der Waals surface area contributed by atoms with Gasteiger partial charge in [-0.15, -0.1) is 0 Å². The van der Waals surface area contributed by atoms with E-state index in [-0.39, 0.29) is 54.4 Å². The van der Waals surface area contributed by atoms with Crippen molar-refractivity contribution in [2.75, 3.05) is 11.9 Å². The van der Waals surface area contributed by atoms with Crippen LogP contribution in [0.4, 0.5) is 5.69 Å². The Morgan fingerprint density at radius 2 is 1.69 bits per heavy atom. The molecular formula is C21H22N2O3. The second kappa shape index (κ2) is 5.53. The summed E-state index contributed by atoms with van der Waals surface area (Å²) in [4.78, 5) is 39.4. The van der Waals surface area contributed by atoms with E-state index < -0.39 is 0 Å². The van der Waals surface area contributed by atoms with Crippen LogP contribution in [0.1, 0.15) is 18.4 Å². The predicted octanol–water partition coefficient (Wildman–Crippen LogP) is 2.38. The molecule has 0 radical (unpaired) electrons. The molecule has 1 aliphatic heterocycles. The number of carbonyl (C=O) groups excluding carboxylic acids is 3. The molecule has 1 aromatic rings. The third-order valence-corrected chi connectivity index (χ3v) is 6.74. The fraction of sp³-hybridized carbons (Fsp3) is 0.476. The van der Waals surface area contributed by atoms with Gasteiger partial charge in [-0.05, 0) is 48.6 Å². The molecule has 5 heteroatoms. The number of amides is 3. The van der Waals surface area contributed by atoms with E-state index in [1.54, 1.807) is 0 Å². The smallest absolute Gasteiger partial charge is 0.233 e. The van der Waals surface area contributed by atoms with Gasteiger partial charge in [0.2, 0.25) is 17.7 Å². The first kappa shape index (κ1) is 15.8. The summed E-state index contributed by atoms with van der Waals surface area (Å²) in [6, 6.07) is 7.57. The topological polar surface area (TPSA) is 66.5 Å². The van der Waals surface area contributed by atoms with Crippen molar-refractivity contribution < 1.29 is 14.4 Å². The van der Waals surface area contributed by atoms with Gasteiger partial charge < -0.3 is 5.32 Å². The molecular weight excluding hydrogens is 328 g/mol. The van der Waals surface area contributed by atoms with Crippen molar-refractivity contribution >= 4 is 23.4 Å². The fourth-order valence-corrected chi connectivity index (χ4v) is 5.38. The second-order valence-electron chi connectivity index (χ2n) is 8.10. The number of anilines is 1. The summed E-state index contributed by atoms with van der Waals surface area (Å²) in [6.07, 6.45) is 5.63. The van der Waals surface area contributed by atoms with Crippen molar-refractivity contribution in [2.24, 2.45) is 35.5 Å². The van der Waals surface area contributed by atoms with Gasteiger partial charge >= 0.3 is 0 Å². The van der Waals surface area contributed by atoms with Crippen LogP contribution in [0.2, 0.25) is 0 Å². The maximum absolute atomic E-state index is 12.9. The van der Waals surface area contributed by atoms with Crippen LogP contribution in [0.25, 0.3) is 0 Å². The molecule has 6 rings (SSSR count). The van der Waals surface area contributed by atoms with E-state index in [0.29, 0.717) is 11.8 Å². The van der Waals surface area contributed by atoms with Gasteiger partial charge in [0.05, 0.1) is 11.8 Å². The Hall–Kier alpha value is -2.43. The van der Waals surface area contributed by atoms with Gasteiger partial charge in [0, 0.05) is 18.7 Å². The van der Waals surface area contributed by atoms with E-state index >= 15 is 0 Å². The molecule has 26 heavy (non-hydrogen) atoms. The average Bonchev–Trinajstić information content (AvgIpc) is 3.41. The SMILES string of the molecule is Cc1ccccc1NC(=O)CCN1C(=O)[C@@H]2[C@H]3C=C[C@@H]([C@@H]4C[C@@H]34)[C@@H]2C1=O. The lowest BCUT2D eigenvalue weighted by Crippen LogP contribution is -2.40. The zero-order valence-electron chi connectivity index (χ0n) is 14.7. The van der Waals surface area contributed by atoms with E-state index in [9.17, 15) is 14.4 Å². The lowest BCUT2D eigenvalue weighted by molar-refractivity contribution is -0.140. The molecule has 1 N–H and O–H groups in total. The summed E-state index contributed by atoms with van der Waals surface area (Å²) in [5.41, 5.74) is 1.76. The average molecular weight is 350 g/mol. The Balaban J connectivity index is 1.26. The summed E-state index contributed by atoms with van der Waals surface area (Å²) in [5, 5.41) is 2.87. The molecule has 3 fully saturated rings. The Labute approximate surface area is 152 Å². The summed E-state index contributed by atoms with van der Waals surface area (Å²) < 4.78 is 0. The number of likely N-dealkylation sites (tertiary alicyclic amines) is 1. The van der Waals surface area contributed by atoms with Crippen LogP contribution in [0.5, 0.6) is 0 Å². The fourth-order valence-electron chi connectivity index (χ4n) is 5.38. The van der Waals surface area contributed by atoms with Gasteiger partial charge in [0.25, 0.3) is 0 Å². The van der Waals surface area contributed by atoms with Crippen molar-refractivity contribution in [2.45, 2.75) is 19.8 Å². The van der Waals surface area contributed by atoms with Crippen LogP contribution < -0.4 is 5.32 Å². The molecule has 1 aromatic carbocycles. The first-order valence-corrected chi connectivity index (χ1v) is 9.45. The minimum Gasteiger partial charge on any atom is -0.326 e. The number of hydrogen-bond donors (Lipinski definition) is 1. The normalized spacial score (nSPS) is 36.1. The number of nitrogens with one attached hydrogen (secondary N) is 1. The lowest BCUT2D eigenvalue weighted by atomic mass is 9.63. The van der Waals surface area contributed by atoms with Gasteiger partial charge in [-0.1, -0.05) is 30.4 Å². The molecule has 2 saturated carbocycles. The minimum absolute atomic E-state index is 0.0617. The Morgan fingerprint density at radius 3 is 2.31 bits per heavy atom. The zero-order chi connectivity index (χ0) is 18.0. The van der Waals surface area contributed by atoms with Crippen LogP contribution >= 0.6 is 0 Å².